The third-order valence-electron chi connectivity index (χ3n) is 6.44. The smallest absolute Gasteiger partial charge is 0.272 e. The minimum atomic E-state index is -0.544. The van der Waals surface area contributed by atoms with E-state index in [1.807, 2.05) is 19.1 Å². The van der Waals surface area contributed by atoms with Gasteiger partial charge in [-0.25, -0.2) is 0 Å². The summed E-state index contributed by atoms with van der Waals surface area (Å²) in [6, 6.07) is 29.2. The summed E-state index contributed by atoms with van der Waals surface area (Å²) >= 11 is 1.35. The molecule has 0 fully saturated rings. The van der Waals surface area contributed by atoms with E-state index in [0.717, 1.165) is 4.90 Å². The lowest BCUT2D eigenvalue weighted by molar-refractivity contribution is -0.116. The Morgan fingerprint density at radius 2 is 1.52 bits per heavy atom. The molecule has 224 valence electrons. The number of amides is 4. The standard InChI is InChI=1S/C34H32N4O5S/c1-3-30(34(42)36-25-18-16-22(17-19-25)31(35)39)44-27-14-9-13-26(21-27)37-33(41)28(20-24-12-7-8-15-29(24)43-2)38-32(40)23-10-5-4-6-11-23/h4-21,30H,3H2,1-2H3,(H2,35,39)(H,36,42)(H,37,41)(H,38,40)/b28-20+. The molecule has 4 rings (SSSR count). The molecule has 4 amide bonds. The molecule has 0 aliphatic rings. The number of nitrogens with two attached hydrogens (primary N) is 1. The van der Waals surface area contributed by atoms with Gasteiger partial charge in [0.05, 0.1) is 12.4 Å². The topological polar surface area (TPSA) is 140 Å². The molecule has 4 aromatic carbocycles. The minimum absolute atomic E-state index is 0.0228. The lowest BCUT2D eigenvalue weighted by Gasteiger charge is -2.16. The van der Waals surface area contributed by atoms with Crippen LogP contribution in [-0.2, 0) is 9.59 Å². The van der Waals surface area contributed by atoms with E-state index >= 15 is 0 Å². The first-order valence-electron chi connectivity index (χ1n) is 13.8. The van der Waals surface area contributed by atoms with Crippen LogP contribution >= 0.6 is 11.8 Å². The van der Waals surface area contributed by atoms with Crippen molar-refractivity contribution in [2.45, 2.75) is 23.5 Å². The van der Waals surface area contributed by atoms with Crippen LogP contribution in [0, 0.1) is 0 Å². The number of hydrogen-bond acceptors (Lipinski definition) is 6. The van der Waals surface area contributed by atoms with Crippen molar-refractivity contribution in [2.75, 3.05) is 17.7 Å². The molecule has 5 N–H and O–H groups in total. The van der Waals surface area contributed by atoms with Gasteiger partial charge in [-0.15, -0.1) is 11.8 Å². The van der Waals surface area contributed by atoms with E-state index in [0.29, 0.717) is 40.2 Å². The lowest BCUT2D eigenvalue weighted by Crippen LogP contribution is -2.30. The van der Waals surface area contributed by atoms with Crippen molar-refractivity contribution in [3.8, 4) is 5.75 Å². The number of carbonyl (C=O) groups excluding carboxylic acids is 4. The molecule has 0 aliphatic carbocycles. The zero-order valence-electron chi connectivity index (χ0n) is 24.2. The number of nitrogens with one attached hydrogen (secondary N) is 3. The van der Waals surface area contributed by atoms with Crippen molar-refractivity contribution in [1.82, 2.24) is 5.32 Å². The first kappa shape index (κ1) is 31.6. The van der Waals surface area contributed by atoms with Gasteiger partial charge >= 0.3 is 0 Å². The van der Waals surface area contributed by atoms with Crippen LogP contribution in [-0.4, -0.2) is 36.0 Å². The van der Waals surface area contributed by atoms with Crippen LogP contribution in [0.1, 0.15) is 39.6 Å². The Hall–Kier alpha value is -5.35. The van der Waals surface area contributed by atoms with Crippen LogP contribution in [0.4, 0.5) is 11.4 Å². The molecule has 0 bridgehead atoms. The maximum Gasteiger partial charge on any atom is 0.272 e. The Morgan fingerprint density at radius 3 is 2.20 bits per heavy atom. The Morgan fingerprint density at radius 1 is 0.818 bits per heavy atom. The average molecular weight is 609 g/mol. The Balaban J connectivity index is 1.50. The predicted molar refractivity (Wildman–Crippen MR) is 173 cm³/mol. The number of ether oxygens (including phenoxy) is 1. The van der Waals surface area contributed by atoms with Gasteiger partial charge in [0.2, 0.25) is 11.8 Å². The van der Waals surface area contributed by atoms with Crippen LogP contribution in [0.15, 0.2) is 114 Å². The van der Waals surface area contributed by atoms with Crippen molar-refractivity contribution >= 4 is 52.8 Å². The quantitative estimate of drug-likeness (QED) is 0.120. The van der Waals surface area contributed by atoms with E-state index in [9.17, 15) is 19.2 Å². The number of primary amides is 1. The monoisotopic (exact) mass is 608 g/mol. The number of benzene rings is 4. The molecule has 0 saturated heterocycles. The molecular formula is C34H32N4O5S. The van der Waals surface area contributed by atoms with Gasteiger partial charge in [-0.2, -0.15) is 0 Å². The summed E-state index contributed by atoms with van der Waals surface area (Å²) in [4.78, 5) is 51.6. The van der Waals surface area contributed by atoms with Gasteiger partial charge in [0.1, 0.15) is 11.4 Å². The van der Waals surface area contributed by atoms with E-state index in [4.69, 9.17) is 10.5 Å². The summed E-state index contributed by atoms with van der Waals surface area (Å²) < 4.78 is 5.43. The highest BCUT2D eigenvalue weighted by atomic mass is 32.2. The normalized spacial score (nSPS) is 11.6. The third-order valence-corrected chi connectivity index (χ3v) is 7.80. The molecular weight excluding hydrogens is 576 g/mol. The SMILES string of the molecule is CCC(Sc1cccc(NC(=O)/C(=C\c2ccccc2OC)NC(=O)c2ccccc2)c1)C(=O)Nc1ccc(C(N)=O)cc1. The summed E-state index contributed by atoms with van der Waals surface area (Å²) in [6.07, 6.45) is 2.10. The second-order valence-electron chi connectivity index (χ2n) is 9.55. The zero-order chi connectivity index (χ0) is 31.5. The number of carbonyl (C=O) groups is 4. The molecule has 0 aliphatic heterocycles. The third kappa shape index (κ3) is 8.59. The van der Waals surface area contributed by atoms with E-state index in [2.05, 4.69) is 16.0 Å². The molecule has 9 nitrogen and oxygen atoms in total. The highest BCUT2D eigenvalue weighted by Gasteiger charge is 2.20. The zero-order valence-corrected chi connectivity index (χ0v) is 25.0. The molecule has 0 spiro atoms. The Kier molecular flexibility index (Phi) is 10.9. The molecule has 0 saturated carbocycles. The number of para-hydroxylation sites is 1. The van der Waals surface area contributed by atoms with Gasteiger partial charge in [0, 0.05) is 33.0 Å². The summed E-state index contributed by atoms with van der Waals surface area (Å²) in [5.74, 6) is -1.18. The largest absolute Gasteiger partial charge is 0.496 e. The summed E-state index contributed by atoms with van der Waals surface area (Å²) in [6.45, 7) is 1.91. The molecule has 4 aromatic rings. The lowest BCUT2D eigenvalue weighted by atomic mass is 10.1. The van der Waals surface area contributed by atoms with Crippen molar-refractivity contribution in [2.24, 2.45) is 5.73 Å². The Labute approximate surface area is 259 Å². The van der Waals surface area contributed by atoms with Crippen molar-refractivity contribution in [1.29, 1.82) is 0 Å². The number of thioether (sulfide) groups is 1. The van der Waals surface area contributed by atoms with Crippen molar-refractivity contribution in [3.05, 3.63) is 126 Å². The fourth-order valence-corrected chi connectivity index (χ4v) is 5.17. The van der Waals surface area contributed by atoms with Gasteiger partial charge in [-0.3, -0.25) is 19.2 Å². The van der Waals surface area contributed by atoms with E-state index in [1.165, 1.54) is 18.9 Å². The van der Waals surface area contributed by atoms with E-state index in [-0.39, 0.29) is 11.6 Å². The van der Waals surface area contributed by atoms with Crippen molar-refractivity contribution < 1.29 is 23.9 Å². The van der Waals surface area contributed by atoms with Crippen LogP contribution in [0.5, 0.6) is 5.75 Å². The van der Waals surface area contributed by atoms with Crippen LogP contribution < -0.4 is 26.4 Å². The molecule has 10 heteroatoms. The molecule has 44 heavy (non-hydrogen) atoms. The first-order valence-corrected chi connectivity index (χ1v) is 14.6. The Bertz CT molecular complexity index is 1670. The minimum Gasteiger partial charge on any atom is -0.496 e. The fraction of sp³-hybridized carbons (Fsp3) is 0.118. The van der Waals surface area contributed by atoms with Gasteiger partial charge in [0.15, 0.2) is 0 Å². The average Bonchev–Trinajstić information content (AvgIpc) is 3.04. The van der Waals surface area contributed by atoms with Crippen LogP contribution in [0.3, 0.4) is 0 Å². The fourth-order valence-electron chi connectivity index (χ4n) is 4.16. The second-order valence-corrected chi connectivity index (χ2v) is 10.8. The number of methoxy groups -OCH3 is 1. The molecule has 1 unspecified atom stereocenters. The molecule has 1 atom stereocenters. The van der Waals surface area contributed by atoms with Gasteiger partial charge in [-0.1, -0.05) is 49.4 Å². The predicted octanol–water partition coefficient (Wildman–Crippen LogP) is 5.71. The van der Waals surface area contributed by atoms with Crippen LogP contribution in [0.25, 0.3) is 6.08 Å². The highest BCUT2D eigenvalue weighted by Crippen LogP contribution is 2.29. The summed E-state index contributed by atoms with van der Waals surface area (Å²) in [5, 5.41) is 8.02. The summed E-state index contributed by atoms with van der Waals surface area (Å²) in [7, 11) is 1.53. The second kappa shape index (κ2) is 15.2. The van der Waals surface area contributed by atoms with Gasteiger partial charge in [-0.05, 0) is 73.2 Å². The maximum atomic E-state index is 13.5. The number of rotatable bonds is 12. The molecule has 0 aromatic heterocycles. The highest BCUT2D eigenvalue weighted by molar-refractivity contribution is 8.00. The number of hydrogen-bond donors (Lipinski definition) is 4. The van der Waals surface area contributed by atoms with E-state index in [1.54, 1.807) is 97.1 Å². The molecule has 0 heterocycles. The van der Waals surface area contributed by atoms with Gasteiger partial charge in [0.25, 0.3) is 11.8 Å². The first-order chi connectivity index (χ1) is 21.3. The van der Waals surface area contributed by atoms with Gasteiger partial charge < -0.3 is 26.4 Å². The maximum absolute atomic E-state index is 13.5. The van der Waals surface area contributed by atoms with Crippen molar-refractivity contribution in [3.63, 3.8) is 0 Å². The van der Waals surface area contributed by atoms with Crippen LogP contribution in [0.2, 0.25) is 0 Å². The molecule has 0 radical (unpaired) electrons. The summed E-state index contributed by atoms with van der Waals surface area (Å²) in [5.41, 5.74) is 7.70. The number of anilines is 2. The van der Waals surface area contributed by atoms with E-state index < -0.39 is 23.0 Å².